The van der Waals surface area contributed by atoms with Crippen LogP contribution in [0.25, 0.3) is 0 Å². The van der Waals surface area contributed by atoms with E-state index in [1.807, 2.05) is 4.57 Å². The van der Waals surface area contributed by atoms with Gasteiger partial charge < -0.3 is 22.6 Å². The lowest BCUT2D eigenvalue weighted by Crippen LogP contribution is -3.00. The maximum Gasteiger partial charge on any atom is 0.221 e. The van der Waals surface area contributed by atoms with Gasteiger partial charge in [-0.3, -0.25) is 4.79 Å². The van der Waals surface area contributed by atoms with E-state index in [1.165, 1.54) is 57.8 Å². The number of aryl methyl sites for hydroxylation is 1. The first-order valence-electron chi connectivity index (χ1n) is 9.46. The van der Waals surface area contributed by atoms with Crippen LogP contribution in [-0.4, -0.2) is 16.5 Å². The van der Waals surface area contributed by atoms with Crippen molar-refractivity contribution in [3.05, 3.63) is 23.0 Å². The number of aliphatic hydroxyl groups is 1. The van der Waals surface area contributed by atoms with Crippen LogP contribution in [0.4, 0.5) is 0 Å². The standard InChI is InChI=1S/C20H33NO3.ClH/c1-3-4-5-6-7-8-9-10-11-12-13-21-14-18(15-22)19(16-23)20(24)17(21)2;/h14,16,22H,3-13,15H2,1-2H3;1H. The van der Waals surface area contributed by atoms with Gasteiger partial charge in [0.2, 0.25) is 5.69 Å². The first kappa shape index (κ1) is 23.9. The number of aromatic nitrogens is 1. The molecule has 0 aliphatic rings. The molecule has 144 valence electrons. The van der Waals surface area contributed by atoms with Gasteiger partial charge >= 0.3 is 0 Å². The van der Waals surface area contributed by atoms with Crippen molar-refractivity contribution in [1.82, 2.24) is 0 Å². The minimum atomic E-state index is -0.236. The zero-order valence-corrected chi connectivity index (χ0v) is 16.5. The predicted octanol–water partition coefficient (Wildman–Crippen LogP) is 1.22. The zero-order chi connectivity index (χ0) is 17.8. The average molecular weight is 372 g/mol. The molecule has 1 aromatic rings. The molecule has 5 heteroatoms. The lowest BCUT2D eigenvalue weighted by atomic mass is 10.1. The predicted molar refractivity (Wildman–Crippen MR) is 96.2 cm³/mol. The third-order valence-electron chi connectivity index (χ3n) is 4.73. The highest BCUT2D eigenvalue weighted by molar-refractivity contribution is 5.81. The number of aldehydes is 1. The fraction of sp³-hybridized carbons (Fsp3) is 0.700. The number of unbranched alkanes of at least 4 members (excludes halogenated alkanes) is 9. The lowest BCUT2D eigenvalue weighted by Gasteiger charge is -2.08. The van der Waals surface area contributed by atoms with Gasteiger partial charge in [0, 0.05) is 13.3 Å². The fourth-order valence-electron chi connectivity index (χ4n) is 3.10. The number of rotatable bonds is 13. The molecule has 1 aromatic heterocycles. The molecule has 0 aliphatic heterocycles. The first-order chi connectivity index (χ1) is 11.7. The second kappa shape index (κ2) is 14.1. The van der Waals surface area contributed by atoms with Crippen LogP contribution in [-0.2, 0) is 13.2 Å². The number of nitrogens with zero attached hydrogens (tertiary/aromatic N) is 1. The van der Waals surface area contributed by atoms with E-state index in [9.17, 15) is 15.0 Å². The molecule has 0 unspecified atom stereocenters. The van der Waals surface area contributed by atoms with Crippen LogP contribution in [0.1, 0.15) is 92.7 Å². The minimum Gasteiger partial charge on any atom is -1.00 e. The third-order valence-corrected chi connectivity index (χ3v) is 4.73. The van der Waals surface area contributed by atoms with Crippen molar-refractivity contribution < 1.29 is 32.0 Å². The molecule has 0 atom stereocenters. The Balaban J connectivity index is 0.00000576. The molecule has 0 aromatic carbocycles. The molecule has 0 spiro atoms. The third kappa shape index (κ3) is 8.19. The highest BCUT2D eigenvalue weighted by Crippen LogP contribution is 2.21. The molecule has 0 aliphatic carbocycles. The largest absolute Gasteiger partial charge is 1.00 e. The van der Waals surface area contributed by atoms with Crippen molar-refractivity contribution >= 4 is 6.29 Å². The second-order valence-electron chi connectivity index (χ2n) is 6.65. The molecule has 1 rings (SSSR count). The number of aromatic hydroxyl groups is 1. The summed E-state index contributed by atoms with van der Waals surface area (Å²) in [7, 11) is 0. The summed E-state index contributed by atoms with van der Waals surface area (Å²) >= 11 is 0. The van der Waals surface area contributed by atoms with Gasteiger partial charge in [-0.05, 0) is 6.42 Å². The monoisotopic (exact) mass is 371 g/mol. The number of carbonyl (C=O) groups excluding carboxylic acids is 1. The van der Waals surface area contributed by atoms with Gasteiger partial charge in [0.05, 0.1) is 17.7 Å². The van der Waals surface area contributed by atoms with Gasteiger partial charge in [-0.15, -0.1) is 0 Å². The Kier molecular flexibility index (Phi) is 13.4. The topological polar surface area (TPSA) is 61.4 Å². The van der Waals surface area contributed by atoms with Crippen molar-refractivity contribution in [3.63, 3.8) is 0 Å². The SMILES string of the molecule is CCCCCCCCCCCC[n+]1cc(CO)c(C=O)c(O)c1C.[Cl-]. The molecule has 25 heavy (non-hydrogen) atoms. The Hall–Kier alpha value is -1.13. The highest BCUT2D eigenvalue weighted by Gasteiger charge is 2.19. The van der Waals surface area contributed by atoms with Gasteiger partial charge in [-0.25, -0.2) is 0 Å². The van der Waals surface area contributed by atoms with Crippen molar-refractivity contribution in [2.45, 2.75) is 91.2 Å². The summed E-state index contributed by atoms with van der Waals surface area (Å²) in [6.07, 6.45) is 15.3. The van der Waals surface area contributed by atoms with Crippen LogP contribution in [0.15, 0.2) is 6.20 Å². The quantitative estimate of drug-likeness (QED) is 0.311. The van der Waals surface area contributed by atoms with Gasteiger partial charge in [0.25, 0.3) is 0 Å². The molecule has 0 radical (unpaired) electrons. The molecule has 1 heterocycles. The van der Waals surface area contributed by atoms with Gasteiger partial charge in [-0.2, -0.15) is 4.57 Å². The molecule has 0 fully saturated rings. The zero-order valence-electron chi connectivity index (χ0n) is 15.8. The number of hydrogen-bond donors (Lipinski definition) is 2. The van der Waals surface area contributed by atoms with Crippen LogP contribution in [0.2, 0.25) is 0 Å². The van der Waals surface area contributed by atoms with Gasteiger partial charge in [-0.1, -0.05) is 58.3 Å². The number of pyridine rings is 1. The Morgan fingerprint density at radius 3 is 2.00 bits per heavy atom. The van der Waals surface area contributed by atoms with Gasteiger partial charge in [0.15, 0.2) is 18.2 Å². The summed E-state index contributed by atoms with van der Waals surface area (Å²) in [5.41, 5.74) is 1.37. The lowest BCUT2D eigenvalue weighted by molar-refractivity contribution is -0.704. The Morgan fingerprint density at radius 1 is 1.00 bits per heavy atom. The summed E-state index contributed by atoms with van der Waals surface area (Å²) in [6.45, 7) is 4.62. The number of hydrogen-bond acceptors (Lipinski definition) is 3. The second-order valence-corrected chi connectivity index (χ2v) is 6.65. The molecular formula is C20H34ClNO3. The van der Waals surface area contributed by atoms with Crippen LogP contribution in [0, 0.1) is 6.92 Å². The van der Waals surface area contributed by atoms with Crippen LogP contribution >= 0.6 is 0 Å². The summed E-state index contributed by atoms with van der Waals surface area (Å²) < 4.78 is 1.94. The molecule has 0 saturated carbocycles. The van der Waals surface area contributed by atoms with Crippen molar-refractivity contribution in [1.29, 1.82) is 0 Å². The Morgan fingerprint density at radius 2 is 1.52 bits per heavy atom. The summed E-state index contributed by atoms with van der Waals surface area (Å²) in [6, 6.07) is 0. The highest BCUT2D eigenvalue weighted by atomic mass is 35.5. The fourth-order valence-corrected chi connectivity index (χ4v) is 3.10. The molecule has 0 amide bonds. The Bertz CT molecular complexity index is 506. The maximum atomic E-state index is 11.0. The van der Waals surface area contributed by atoms with Crippen LogP contribution in [0.5, 0.6) is 5.75 Å². The van der Waals surface area contributed by atoms with Crippen LogP contribution < -0.4 is 17.0 Å². The molecule has 0 saturated heterocycles. The number of halogens is 1. The van der Waals surface area contributed by atoms with E-state index in [4.69, 9.17) is 0 Å². The van der Waals surface area contributed by atoms with E-state index >= 15 is 0 Å². The summed E-state index contributed by atoms with van der Waals surface area (Å²) in [5.74, 6) is -0.0105. The molecule has 2 N–H and O–H groups in total. The van der Waals surface area contributed by atoms with Crippen LogP contribution in [0.3, 0.4) is 0 Å². The smallest absolute Gasteiger partial charge is 0.221 e. The van der Waals surface area contributed by atoms with Gasteiger partial charge in [0.1, 0.15) is 6.54 Å². The Labute approximate surface area is 158 Å². The molecule has 0 bridgehead atoms. The summed E-state index contributed by atoms with van der Waals surface area (Å²) in [5, 5.41) is 19.4. The van der Waals surface area contributed by atoms with E-state index in [1.54, 1.807) is 13.1 Å². The maximum absolute atomic E-state index is 11.0. The van der Waals surface area contributed by atoms with E-state index in [0.717, 1.165) is 13.0 Å². The summed E-state index contributed by atoms with van der Waals surface area (Å²) in [4.78, 5) is 11.0. The van der Waals surface area contributed by atoms with Crippen molar-refractivity contribution in [2.24, 2.45) is 0 Å². The average Bonchev–Trinajstić information content (AvgIpc) is 2.59. The number of carbonyl (C=O) groups is 1. The molecular weight excluding hydrogens is 338 g/mol. The first-order valence-corrected chi connectivity index (χ1v) is 9.46. The van der Waals surface area contributed by atoms with E-state index < -0.39 is 0 Å². The minimum absolute atomic E-state index is 0. The van der Waals surface area contributed by atoms with Crippen molar-refractivity contribution in [3.8, 4) is 5.75 Å². The van der Waals surface area contributed by atoms with Crippen molar-refractivity contribution in [2.75, 3.05) is 0 Å². The van der Waals surface area contributed by atoms with E-state index in [-0.39, 0.29) is 30.3 Å². The normalized spacial score (nSPS) is 10.5. The molecule has 4 nitrogen and oxygen atoms in total. The van der Waals surface area contributed by atoms with E-state index in [2.05, 4.69) is 6.92 Å². The van der Waals surface area contributed by atoms with E-state index in [0.29, 0.717) is 17.5 Å². The number of aliphatic hydroxyl groups excluding tert-OH is 1.